The van der Waals surface area contributed by atoms with Crippen molar-refractivity contribution in [3.05, 3.63) is 47.9 Å². The van der Waals surface area contributed by atoms with Gasteiger partial charge in [0.15, 0.2) is 0 Å². The van der Waals surface area contributed by atoms with Crippen LogP contribution in [0.5, 0.6) is 5.75 Å². The maximum atomic E-state index is 12.2. The van der Waals surface area contributed by atoms with Crippen molar-refractivity contribution in [1.29, 1.82) is 0 Å². The molecule has 27 heavy (non-hydrogen) atoms. The van der Waals surface area contributed by atoms with Crippen molar-refractivity contribution >= 4 is 16.8 Å². The molecule has 0 saturated heterocycles. The SMILES string of the molecule is Cc1nonc1CC(=O)NC1CCC(Oc2ccc3ncccc3c2)CC1. The third-order valence-electron chi connectivity index (χ3n) is 4.99. The molecule has 7 heteroatoms. The number of carbonyl (C=O) groups excluding carboxylic acids is 1. The summed E-state index contributed by atoms with van der Waals surface area (Å²) < 4.78 is 10.8. The number of ether oxygens (including phenoxy) is 1. The van der Waals surface area contributed by atoms with E-state index in [1.54, 1.807) is 13.1 Å². The van der Waals surface area contributed by atoms with Crippen LogP contribution >= 0.6 is 0 Å². The van der Waals surface area contributed by atoms with Crippen molar-refractivity contribution in [2.75, 3.05) is 0 Å². The van der Waals surface area contributed by atoms with Gasteiger partial charge in [0.05, 0.1) is 18.0 Å². The largest absolute Gasteiger partial charge is 0.490 e. The lowest BCUT2D eigenvalue weighted by Gasteiger charge is -2.29. The summed E-state index contributed by atoms with van der Waals surface area (Å²) in [6, 6.07) is 10.1. The molecule has 0 unspecified atom stereocenters. The van der Waals surface area contributed by atoms with E-state index >= 15 is 0 Å². The van der Waals surface area contributed by atoms with Gasteiger partial charge in [0.25, 0.3) is 0 Å². The van der Waals surface area contributed by atoms with E-state index < -0.39 is 0 Å². The van der Waals surface area contributed by atoms with Crippen LogP contribution in [0.2, 0.25) is 0 Å². The predicted octanol–water partition coefficient (Wildman–Crippen LogP) is 2.98. The molecule has 1 amide bonds. The van der Waals surface area contributed by atoms with Gasteiger partial charge in [-0.25, -0.2) is 4.63 Å². The fourth-order valence-electron chi connectivity index (χ4n) is 3.49. The van der Waals surface area contributed by atoms with Crippen LogP contribution in [0.15, 0.2) is 41.2 Å². The first-order valence-corrected chi connectivity index (χ1v) is 9.26. The first-order valence-electron chi connectivity index (χ1n) is 9.26. The van der Waals surface area contributed by atoms with E-state index in [9.17, 15) is 4.79 Å². The van der Waals surface area contributed by atoms with Crippen LogP contribution in [0.25, 0.3) is 10.9 Å². The van der Waals surface area contributed by atoms with Crippen LogP contribution in [-0.2, 0) is 11.2 Å². The minimum absolute atomic E-state index is 0.0415. The maximum Gasteiger partial charge on any atom is 0.226 e. The third-order valence-corrected chi connectivity index (χ3v) is 4.99. The van der Waals surface area contributed by atoms with E-state index in [-0.39, 0.29) is 24.5 Å². The zero-order chi connectivity index (χ0) is 18.6. The highest BCUT2D eigenvalue weighted by Crippen LogP contribution is 2.26. The third kappa shape index (κ3) is 4.24. The van der Waals surface area contributed by atoms with Crippen molar-refractivity contribution in [1.82, 2.24) is 20.6 Å². The van der Waals surface area contributed by atoms with E-state index in [1.165, 1.54) is 0 Å². The number of fused-ring (bicyclic) bond motifs is 1. The summed E-state index contributed by atoms with van der Waals surface area (Å²) in [5.74, 6) is 0.831. The molecular weight excluding hydrogens is 344 g/mol. The lowest BCUT2D eigenvalue weighted by molar-refractivity contribution is -0.121. The highest BCUT2D eigenvalue weighted by molar-refractivity contribution is 5.80. The average molecular weight is 366 g/mol. The monoisotopic (exact) mass is 366 g/mol. The number of carbonyl (C=O) groups is 1. The predicted molar refractivity (Wildman–Crippen MR) is 99.3 cm³/mol. The number of pyridine rings is 1. The number of nitrogens with zero attached hydrogens (tertiary/aromatic N) is 3. The van der Waals surface area contributed by atoms with Crippen molar-refractivity contribution < 1.29 is 14.2 Å². The Labute approximate surface area is 157 Å². The van der Waals surface area contributed by atoms with Crippen LogP contribution in [0.1, 0.15) is 37.1 Å². The van der Waals surface area contributed by atoms with Crippen LogP contribution in [0.3, 0.4) is 0 Å². The van der Waals surface area contributed by atoms with E-state index in [1.807, 2.05) is 30.3 Å². The quantitative estimate of drug-likeness (QED) is 0.747. The Morgan fingerprint density at radius 2 is 2.07 bits per heavy atom. The molecule has 1 saturated carbocycles. The first kappa shape index (κ1) is 17.5. The minimum Gasteiger partial charge on any atom is -0.490 e. The molecule has 1 aliphatic carbocycles. The van der Waals surface area contributed by atoms with Gasteiger partial charge in [0.1, 0.15) is 17.1 Å². The van der Waals surface area contributed by atoms with Gasteiger partial charge >= 0.3 is 0 Å². The average Bonchev–Trinajstić information content (AvgIpc) is 3.08. The van der Waals surface area contributed by atoms with Gasteiger partial charge in [-0.1, -0.05) is 16.4 Å². The van der Waals surface area contributed by atoms with Gasteiger partial charge in [-0.05, 0) is 56.9 Å². The fraction of sp³-hybridized carbons (Fsp3) is 0.400. The van der Waals surface area contributed by atoms with Crippen molar-refractivity contribution in [2.45, 2.75) is 51.2 Å². The van der Waals surface area contributed by atoms with Crippen molar-refractivity contribution in [2.24, 2.45) is 0 Å². The molecule has 0 radical (unpaired) electrons. The summed E-state index contributed by atoms with van der Waals surface area (Å²) in [6.45, 7) is 1.78. The molecule has 4 rings (SSSR count). The molecular formula is C20H22N4O3. The van der Waals surface area contributed by atoms with E-state index in [0.29, 0.717) is 11.4 Å². The zero-order valence-electron chi connectivity index (χ0n) is 15.2. The number of hydrogen-bond donors (Lipinski definition) is 1. The Morgan fingerprint density at radius 1 is 1.22 bits per heavy atom. The number of nitrogens with one attached hydrogen (secondary N) is 1. The van der Waals surface area contributed by atoms with Crippen molar-refractivity contribution in [3.63, 3.8) is 0 Å². The molecule has 140 valence electrons. The highest BCUT2D eigenvalue weighted by Gasteiger charge is 2.24. The van der Waals surface area contributed by atoms with Crippen LogP contribution in [-0.4, -0.2) is 33.4 Å². The summed E-state index contributed by atoms with van der Waals surface area (Å²) in [5.41, 5.74) is 2.22. The number of amides is 1. The zero-order valence-corrected chi connectivity index (χ0v) is 15.2. The second kappa shape index (κ2) is 7.73. The number of hydrogen-bond acceptors (Lipinski definition) is 6. The van der Waals surface area contributed by atoms with Crippen LogP contribution in [0.4, 0.5) is 0 Å². The molecule has 1 fully saturated rings. The summed E-state index contributed by atoms with van der Waals surface area (Å²) in [5, 5.41) is 11.6. The minimum atomic E-state index is -0.0415. The molecule has 1 aliphatic rings. The summed E-state index contributed by atoms with van der Waals surface area (Å²) in [6.07, 6.45) is 5.81. The highest BCUT2D eigenvalue weighted by atomic mass is 16.6. The molecule has 2 heterocycles. The standard InChI is InChI=1S/C20H22N4O3/c1-13-19(24-27-23-13)12-20(25)22-15-4-6-16(7-5-15)26-17-8-9-18-14(11-17)3-2-10-21-18/h2-3,8-11,15-16H,4-7,12H2,1H3,(H,22,25). The molecule has 1 aromatic carbocycles. The molecule has 0 spiro atoms. The summed E-state index contributed by atoms with van der Waals surface area (Å²) >= 11 is 0. The van der Waals surface area contributed by atoms with Gasteiger partial charge in [0, 0.05) is 17.6 Å². The normalized spacial score (nSPS) is 19.7. The Kier molecular flexibility index (Phi) is 5.00. The molecule has 0 atom stereocenters. The fourth-order valence-corrected chi connectivity index (χ4v) is 3.49. The molecule has 1 N–H and O–H groups in total. The molecule has 0 bridgehead atoms. The summed E-state index contributed by atoms with van der Waals surface area (Å²) in [4.78, 5) is 16.5. The van der Waals surface area contributed by atoms with E-state index in [4.69, 9.17) is 4.74 Å². The number of aryl methyl sites for hydroxylation is 1. The second-order valence-electron chi connectivity index (χ2n) is 6.99. The smallest absolute Gasteiger partial charge is 0.226 e. The second-order valence-corrected chi connectivity index (χ2v) is 6.99. The molecule has 7 nitrogen and oxygen atoms in total. The topological polar surface area (TPSA) is 90.1 Å². The Morgan fingerprint density at radius 3 is 2.85 bits per heavy atom. The van der Waals surface area contributed by atoms with Gasteiger partial charge in [-0.2, -0.15) is 0 Å². The van der Waals surface area contributed by atoms with Gasteiger partial charge < -0.3 is 10.1 Å². The van der Waals surface area contributed by atoms with Crippen molar-refractivity contribution in [3.8, 4) is 5.75 Å². The van der Waals surface area contributed by atoms with Crippen LogP contribution in [0, 0.1) is 6.92 Å². The van der Waals surface area contributed by atoms with E-state index in [0.717, 1.165) is 42.3 Å². The molecule has 3 aromatic rings. The van der Waals surface area contributed by atoms with Gasteiger partial charge in [-0.3, -0.25) is 9.78 Å². The first-order chi connectivity index (χ1) is 13.2. The number of rotatable bonds is 5. The number of benzene rings is 1. The lowest BCUT2D eigenvalue weighted by atomic mass is 9.92. The van der Waals surface area contributed by atoms with Gasteiger partial charge in [-0.15, -0.1) is 0 Å². The molecule has 2 aromatic heterocycles. The Balaban J connectivity index is 1.27. The maximum absolute atomic E-state index is 12.2. The number of aromatic nitrogens is 3. The lowest BCUT2D eigenvalue weighted by Crippen LogP contribution is -2.40. The van der Waals surface area contributed by atoms with Gasteiger partial charge in [0.2, 0.25) is 5.91 Å². The van der Waals surface area contributed by atoms with E-state index in [2.05, 4.69) is 25.2 Å². The Bertz CT molecular complexity index is 932. The molecule has 0 aliphatic heterocycles. The van der Waals surface area contributed by atoms with Crippen LogP contribution < -0.4 is 10.1 Å². The summed E-state index contributed by atoms with van der Waals surface area (Å²) in [7, 11) is 0. The Hall–Kier alpha value is -2.96.